The second-order valence-corrected chi connectivity index (χ2v) is 7.02. The quantitative estimate of drug-likeness (QED) is 0.476. The van der Waals surface area contributed by atoms with Gasteiger partial charge in [0.15, 0.2) is 0 Å². The molecular weight excluding hydrogens is 294 g/mol. The Kier molecular flexibility index (Phi) is 7.23. The number of aliphatic hydroxyl groups is 1. The van der Waals surface area contributed by atoms with Gasteiger partial charge in [0.1, 0.15) is 6.10 Å². The summed E-state index contributed by atoms with van der Waals surface area (Å²) < 4.78 is 5.33. The molecule has 0 saturated carbocycles. The van der Waals surface area contributed by atoms with Crippen LogP contribution >= 0.6 is 11.8 Å². The van der Waals surface area contributed by atoms with Crippen LogP contribution in [0.2, 0.25) is 0 Å². The molecule has 0 aromatic heterocycles. The van der Waals surface area contributed by atoms with Gasteiger partial charge in [0.05, 0.1) is 29.4 Å². The van der Waals surface area contributed by atoms with E-state index < -0.39 is 6.10 Å². The van der Waals surface area contributed by atoms with Crippen molar-refractivity contribution in [1.82, 2.24) is 0 Å². The number of hydrogen-bond acceptors (Lipinski definition) is 4. The zero-order valence-electron chi connectivity index (χ0n) is 13.5. The molecule has 1 unspecified atom stereocenters. The third-order valence-electron chi connectivity index (χ3n) is 2.63. The molecule has 1 N–H and O–H groups in total. The highest BCUT2D eigenvalue weighted by Crippen LogP contribution is 2.32. The van der Waals surface area contributed by atoms with Gasteiger partial charge in [-0.25, -0.2) is 0 Å². The fourth-order valence-electron chi connectivity index (χ4n) is 1.73. The molecule has 0 heterocycles. The Hall–Kier alpha value is -1.70. The lowest BCUT2D eigenvalue weighted by atomic mass is 9.92. The molecule has 0 saturated heterocycles. The van der Waals surface area contributed by atoms with Crippen molar-refractivity contribution in [1.29, 1.82) is 5.26 Å². The largest absolute Gasteiger partial charge is 0.501 e. The van der Waals surface area contributed by atoms with E-state index in [1.54, 1.807) is 6.08 Å². The molecule has 0 radical (unpaired) electrons. The predicted octanol–water partition coefficient (Wildman–Crippen LogP) is 4.51. The Bertz CT molecular complexity index is 565. The highest BCUT2D eigenvalue weighted by atomic mass is 32.2. The van der Waals surface area contributed by atoms with Crippen LogP contribution in [0.25, 0.3) is 0 Å². The summed E-state index contributed by atoms with van der Waals surface area (Å²) in [6.45, 7) is 8.37. The van der Waals surface area contributed by atoms with Crippen LogP contribution in [0.4, 0.5) is 0 Å². The molecule has 0 fully saturated rings. The summed E-state index contributed by atoms with van der Waals surface area (Å²) in [6, 6.07) is 11.8. The number of allylic oxidation sites excluding steroid dienone is 1. The summed E-state index contributed by atoms with van der Waals surface area (Å²) in [5, 5.41) is 19.9. The molecule has 1 aromatic carbocycles. The Balaban J connectivity index is 3.06. The average molecular weight is 317 g/mol. The number of rotatable bonds is 6. The maximum absolute atomic E-state index is 10.6. The third-order valence-corrected chi connectivity index (χ3v) is 3.69. The second-order valence-electron chi connectivity index (χ2n) is 5.87. The minimum Gasteiger partial charge on any atom is -0.501 e. The molecule has 0 aliphatic heterocycles. The van der Waals surface area contributed by atoms with Gasteiger partial charge >= 0.3 is 0 Å². The Morgan fingerprint density at radius 3 is 2.50 bits per heavy atom. The van der Waals surface area contributed by atoms with E-state index in [0.29, 0.717) is 17.1 Å². The van der Waals surface area contributed by atoms with Crippen LogP contribution in [0.3, 0.4) is 0 Å². The number of hydrogen-bond donors (Lipinski definition) is 1. The molecule has 0 aliphatic carbocycles. The van der Waals surface area contributed by atoms with Crippen molar-refractivity contribution in [3.05, 3.63) is 53.1 Å². The lowest BCUT2D eigenvalue weighted by molar-refractivity contribution is 0.234. The van der Waals surface area contributed by atoms with Gasteiger partial charge < -0.3 is 9.84 Å². The standard InChI is InChI=1S/C18H23NO2S/c1-5-21-13-16(22-15-9-7-6-8-10-15)17(20)14(12-19)11-18(2,3)4/h6-11,13,17,20H,5H2,1-4H3/b14-11+,16-13+. The minimum atomic E-state index is -0.985. The topological polar surface area (TPSA) is 53.2 Å². The predicted molar refractivity (Wildman–Crippen MR) is 91.2 cm³/mol. The van der Waals surface area contributed by atoms with Gasteiger partial charge in [0.25, 0.3) is 0 Å². The molecule has 0 amide bonds. The van der Waals surface area contributed by atoms with E-state index in [2.05, 4.69) is 6.07 Å². The molecule has 4 heteroatoms. The van der Waals surface area contributed by atoms with Gasteiger partial charge in [-0.1, -0.05) is 56.8 Å². The number of nitriles is 1. The van der Waals surface area contributed by atoms with Gasteiger partial charge in [-0.15, -0.1) is 0 Å². The third kappa shape index (κ3) is 6.38. The van der Waals surface area contributed by atoms with Gasteiger partial charge in [0.2, 0.25) is 0 Å². The maximum atomic E-state index is 10.6. The van der Waals surface area contributed by atoms with E-state index in [0.717, 1.165) is 4.90 Å². The Morgan fingerprint density at radius 2 is 2.00 bits per heavy atom. The molecule has 3 nitrogen and oxygen atoms in total. The smallest absolute Gasteiger partial charge is 0.123 e. The van der Waals surface area contributed by atoms with E-state index >= 15 is 0 Å². The second kappa shape index (κ2) is 8.67. The fraction of sp³-hybridized carbons (Fsp3) is 0.389. The first-order valence-corrected chi connectivity index (χ1v) is 8.04. The summed E-state index contributed by atoms with van der Waals surface area (Å²) in [5.41, 5.74) is 0.155. The van der Waals surface area contributed by atoms with Crippen LogP contribution < -0.4 is 0 Å². The number of nitrogens with zero attached hydrogens (tertiary/aromatic N) is 1. The Labute approximate surface area is 137 Å². The van der Waals surface area contributed by atoms with E-state index in [4.69, 9.17) is 4.74 Å². The SMILES string of the molecule is CCO/C=C(/Sc1ccccc1)C(O)/C(C#N)=C/C(C)(C)C. The van der Waals surface area contributed by atoms with E-state index in [-0.39, 0.29) is 5.41 Å². The first kappa shape index (κ1) is 18.3. The summed E-state index contributed by atoms with van der Waals surface area (Å²) in [4.78, 5) is 1.59. The van der Waals surface area contributed by atoms with Crippen LogP contribution in [0.15, 0.2) is 58.0 Å². The number of thioether (sulfide) groups is 1. The molecule has 1 aromatic rings. The van der Waals surface area contributed by atoms with Crippen molar-refractivity contribution in [2.24, 2.45) is 5.41 Å². The number of benzene rings is 1. The summed E-state index contributed by atoms with van der Waals surface area (Å²) >= 11 is 1.40. The van der Waals surface area contributed by atoms with Crippen molar-refractivity contribution >= 4 is 11.8 Å². The van der Waals surface area contributed by atoms with Crippen molar-refractivity contribution in [2.75, 3.05) is 6.61 Å². The minimum absolute atomic E-state index is 0.180. The number of aliphatic hydroxyl groups excluding tert-OH is 1. The van der Waals surface area contributed by atoms with Crippen LogP contribution in [0.1, 0.15) is 27.7 Å². The molecule has 0 spiro atoms. The molecule has 0 bridgehead atoms. The van der Waals surface area contributed by atoms with Gasteiger partial charge in [0, 0.05) is 4.90 Å². The van der Waals surface area contributed by atoms with Crippen molar-refractivity contribution < 1.29 is 9.84 Å². The molecule has 118 valence electrons. The summed E-state index contributed by atoms with van der Waals surface area (Å²) in [5.74, 6) is 0. The molecular formula is C18H23NO2S. The first-order valence-electron chi connectivity index (χ1n) is 7.23. The Morgan fingerprint density at radius 1 is 1.36 bits per heavy atom. The van der Waals surface area contributed by atoms with Crippen LogP contribution in [0, 0.1) is 16.7 Å². The van der Waals surface area contributed by atoms with Crippen LogP contribution in [0.5, 0.6) is 0 Å². The lowest BCUT2D eigenvalue weighted by Gasteiger charge is -2.18. The first-order chi connectivity index (χ1) is 10.4. The monoisotopic (exact) mass is 317 g/mol. The summed E-state index contributed by atoms with van der Waals surface area (Å²) in [6.07, 6.45) is 2.35. The highest BCUT2D eigenvalue weighted by Gasteiger charge is 2.20. The van der Waals surface area contributed by atoms with Gasteiger partial charge in [-0.05, 0) is 24.5 Å². The van der Waals surface area contributed by atoms with Gasteiger partial charge in [-0.3, -0.25) is 0 Å². The highest BCUT2D eigenvalue weighted by molar-refractivity contribution is 8.03. The van der Waals surface area contributed by atoms with Crippen molar-refractivity contribution in [3.8, 4) is 6.07 Å². The van der Waals surface area contributed by atoms with Crippen LogP contribution in [-0.4, -0.2) is 17.8 Å². The van der Waals surface area contributed by atoms with E-state index in [9.17, 15) is 10.4 Å². The zero-order chi connectivity index (χ0) is 16.6. The molecule has 0 aliphatic rings. The van der Waals surface area contributed by atoms with E-state index in [1.807, 2.05) is 58.0 Å². The van der Waals surface area contributed by atoms with Crippen LogP contribution in [-0.2, 0) is 4.74 Å². The van der Waals surface area contributed by atoms with Gasteiger partial charge in [-0.2, -0.15) is 5.26 Å². The molecule has 1 rings (SSSR count). The van der Waals surface area contributed by atoms with Crippen molar-refractivity contribution in [3.63, 3.8) is 0 Å². The van der Waals surface area contributed by atoms with E-state index in [1.165, 1.54) is 18.0 Å². The fourth-order valence-corrected chi connectivity index (χ4v) is 2.65. The maximum Gasteiger partial charge on any atom is 0.123 e. The lowest BCUT2D eigenvalue weighted by Crippen LogP contribution is -2.14. The molecule has 22 heavy (non-hydrogen) atoms. The zero-order valence-corrected chi connectivity index (χ0v) is 14.4. The normalized spacial score (nSPS) is 14.4. The van der Waals surface area contributed by atoms with Crippen molar-refractivity contribution in [2.45, 2.75) is 38.7 Å². The number of ether oxygens (including phenoxy) is 1. The summed E-state index contributed by atoms with van der Waals surface area (Å²) in [7, 11) is 0. The average Bonchev–Trinajstić information content (AvgIpc) is 2.48. The molecule has 1 atom stereocenters.